The van der Waals surface area contributed by atoms with E-state index in [1.165, 1.54) is 4.90 Å². The van der Waals surface area contributed by atoms with Gasteiger partial charge in [0.15, 0.2) is 0 Å². The first-order valence-electron chi connectivity index (χ1n) is 9.08. The molecule has 26 heavy (non-hydrogen) atoms. The van der Waals surface area contributed by atoms with Crippen molar-refractivity contribution in [1.82, 2.24) is 14.8 Å². The summed E-state index contributed by atoms with van der Waals surface area (Å²) in [6, 6.07) is 14.1. The average Bonchev–Trinajstić information content (AvgIpc) is 2.89. The van der Waals surface area contributed by atoms with Crippen molar-refractivity contribution in [3.63, 3.8) is 0 Å². The van der Waals surface area contributed by atoms with Crippen LogP contribution in [0.1, 0.15) is 12.1 Å². The molecule has 0 saturated carbocycles. The first kappa shape index (κ1) is 18.7. The topological polar surface area (TPSA) is 48.5 Å². The molecule has 2 aromatic rings. The number of amides is 2. The quantitative estimate of drug-likeness (QED) is 0.817. The van der Waals surface area contributed by atoms with Crippen LogP contribution in [-0.2, 0) is 6.42 Å². The molecular formula is C20H26N4OS. The average molecular weight is 371 g/mol. The number of aryl methyl sites for hydroxylation is 1. The Morgan fingerprint density at radius 2 is 1.96 bits per heavy atom. The van der Waals surface area contributed by atoms with Crippen LogP contribution in [0.3, 0.4) is 0 Å². The van der Waals surface area contributed by atoms with Crippen molar-refractivity contribution in [3.05, 3.63) is 54.4 Å². The molecule has 1 saturated heterocycles. The third kappa shape index (κ3) is 5.75. The number of hydrogen-bond donors (Lipinski definition) is 1. The highest BCUT2D eigenvalue weighted by Gasteiger charge is 2.17. The Hall–Kier alpha value is -2.05. The number of benzene rings is 1. The summed E-state index contributed by atoms with van der Waals surface area (Å²) in [5.74, 6) is 0.990. The highest BCUT2D eigenvalue weighted by Crippen LogP contribution is 2.21. The van der Waals surface area contributed by atoms with Crippen LogP contribution in [0.4, 0.5) is 10.5 Å². The van der Waals surface area contributed by atoms with Crippen molar-refractivity contribution in [3.8, 4) is 0 Å². The standard InChI is InChI=1S/C20H26N4OS/c1-23-12-4-13-24(15-14-23)20(25)22-18-6-8-19(9-7-18)26-16-10-17-5-2-3-11-21-17/h2-3,5-9,11H,4,10,12-16H2,1H3,(H,22,25). The summed E-state index contributed by atoms with van der Waals surface area (Å²) < 4.78 is 0. The van der Waals surface area contributed by atoms with Gasteiger partial charge in [-0.15, -0.1) is 11.8 Å². The number of likely N-dealkylation sites (N-methyl/N-ethyl adjacent to an activating group) is 1. The zero-order valence-electron chi connectivity index (χ0n) is 15.2. The Morgan fingerprint density at radius 3 is 2.73 bits per heavy atom. The molecular weight excluding hydrogens is 344 g/mol. The van der Waals surface area contributed by atoms with E-state index >= 15 is 0 Å². The van der Waals surface area contributed by atoms with Gasteiger partial charge in [0.2, 0.25) is 0 Å². The molecule has 0 spiro atoms. The van der Waals surface area contributed by atoms with Gasteiger partial charge in [0.1, 0.15) is 0 Å². The lowest BCUT2D eigenvalue weighted by atomic mass is 10.3. The minimum atomic E-state index is -0.00384. The molecule has 1 aromatic carbocycles. The maximum Gasteiger partial charge on any atom is 0.321 e. The molecule has 6 heteroatoms. The number of urea groups is 1. The van der Waals surface area contributed by atoms with Crippen LogP contribution in [0.15, 0.2) is 53.6 Å². The summed E-state index contributed by atoms with van der Waals surface area (Å²) in [4.78, 5) is 22.1. The molecule has 1 aliphatic rings. The Bertz CT molecular complexity index is 693. The number of carbonyl (C=O) groups is 1. The number of rotatable bonds is 5. The second kappa shape index (κ2) is 9.59. The van der Waals surface area contributed by atoms with Gasteiger partial charge in [0.05, 0.1) is 0 Å². The Balaban J connectivity index is 1.45. The third-order valence-corrected chi connectivity index (χ3v) is 5.48. The van der Waals surface area contributed by atoms with Crippen LogP contribution in [-0.4, -0.2) is 59.8 Å². The molecule has 3 rings (SSSR count). The number of nitrogens with zero attached hydrogens (tertiary/aromatic N) is 3. The molecule has 0 atom stereocenters. The number of thioether (sulfide) groups is 1. The molecule has 2 heterocycles. The minimum Gasteiger partial charge on any atom is -0.323 e. The number of nitrogens with one attached hydrogen (secondary N) is 1. The Morgan fingerprint density at radius 1 is 1.12 bits per heavy atom. The number of anilines is 1. The first-order chi connectivity index (χ1) is 12.7. The second-order valence-corrected chi connectivity index (χ2v) is 7.69. The van der Waals surface area contributed by atoms with Crippen LogP contribution >= 0.6 is 11.8 Å². The van der Waals surface area contributed by atoms with Gasteiger partial charge < -0.3 is 15.1 Å². The van der Waals surface area contributed by atoms with Gasteiger partial charge >= 0.3 is 6.03 Å². The lowest BCUT2D eigenvalue weighted by molar-refractivity contribution is 0.213. The number of aromatic nitrogens is 1. The molecule has 1 aromatic heterocycles. The summed E-state index contributed by atoms with van der Waals surface area (Å²) in [5, 5.41) is 3.01. The number of hydrogen-bond acceptors (Lipinski definition) is 4. The van der Waals surface area contributed by atoms with Crippen molar-refractivity contribution in [2.75, 3.05) is 44.3 Å². The molecule has 1 N–H and O–H groups in total. The van der Waals surface area contributed by atoms with Crippen molar-refractivity contribution in [1.29, 1.82) is 0 Å². The molecule has 2 amide bonds. The van der Waals surface area contributed by atoms with Crippen molar-refractivity contribution in [2.45, 2.75) is 17.7 Å². The maximum absolute atomic E-state index is 12.4. The monoisotopic (exact) mass is 370 g/mol. The van der Waals surface area contributed by atoms with Gasteiger partial charge in [-0.1, -0.05) is 6.07 Å². The fourth-order valence-corrected chi connectivity index (χ4v) is 3.78. The highest BCUT2D eigenvalue weighted by atomic mass is 32.2. The van der Waals surface area contributed by atoms with Crippen molar-refractivity contribution in [2.24, 2.45) is 0 Å². The molecule has 0 bridgehead atoms. The van der Waals surface area contributed by atoms with Crippen LogP contribution < -0.4 is 5.32 Å². The normalized spacial score (nSPS) is 15.5. The van der Waals surface area contributed by atoms with E-state index in [1.807, 2.05) is 35.4 Å². The minimum absolute atomic E-state index is 0.00384. The van der Waals surface area contributed by atoms with Gasteiger partial charge in [-0.3, -0.25) is 4.98 Å². The maximum atomic E-state index is 12.4. The van der Waals surface area contributed by atoms with E-state index in [4.69, 9.17) is 0 Å². The van der Waals surface area contributed by atoms with Gasteiger partial charge in [0.25, 0.3) is 0 Å². The SMILES string of the molecule is CN1CCCN(C(=O)Nc2ccc(SCCc3ccccn3)cc2)CC1. The van der Waals surface area contributed by atoms with Crippen LogP contribution in [0, 0.1) is 0 Å². The Labute approximate surface area is 159 Å². The summed E-state index contributed by atoms with van der Waals surface area (Å²) >= 11 is 1.81. The van der Waals surface area contributed by atoms with E-state index in [1.54, 1.807) is 11.8 Å². The van der Waals surface area contributed by atoms with E-state index in [0.717, 1.165) is 56.2 Å². The molecule has 1 fully saturated rings. The predicted molar refractivity (Wildman–Crippen MR) is 108 cm³/mol. The number of pyridine rings is 1. The summed E-state index contributed by atoms with van der Waals surface area (Å²) in [6.07, 6.45) is 3.81. The Kier molecular flexibility index (Phi) is 6.91. The molecule has 1 aliphatic heterocycles. The van der Waals surface area contributed by atoms with Gasteiger partial charge in [-0.2, -0.15) is 0 Å². The van der Waals surface area contributed by atoms with E-state index in [9.17, 15) is 4.79 Å². The third-order valence-electron chi connectivity index (χ3n) is 4.47. The van der Waals surface area contributed by atoms with E-state index < -0.39 is 0 Å². The lowest BCUT2D eigenvalue weighted by Crippen LogP contribution is -2.37. The van der Waals surface area contributed by atoms with Gasteiger partial charge in [0, 0.05) is 47.9 Å². The first-order valence-corrected chi connectivity index (χ1v) is 10.1. The van der Waals surface area contributed by atoms with E-state index in [2.05, 4.69) is 40.4 Å². The van der Waals surface area contributed by atoms with Crippen LogP contribution in [0.5, 0.6) is 0 Å². The van der Waals surface area contributed by atoms with E-state index in [-0.39, 0.29) is 6.03 Å². The summed E-state index contributed by atoms with van der Waals surface area (Å²) in [7, 11) is 2.10. The van der Waals surface area contributed by atoms with Crippen LogP contribution in [0.25, 0.3) is 0 Å². The zero-order chi connectivity index (χ0) is 18.2. The molecule has 0 unspecified atom stereocenters. The van der Waals surface area contributed by atoms with Crippen molar-refractivity contribution < 1.29 is 4.79 Å². The fourth-order valence-electron chi connectivity index (χ4n) is 2.91. The van der Waals surface area contributed by atoms with Crippen molar-refractivity contribution >= 4 is 23.5 Å². The lowest BCUT2D eigenvalue weighted by Gasteiger charge is -2.21. The molecule has 138 valence electrons. The summed E-state index contributed by atoms with van der Waals surface area (Å²) in [5.41, 5.74) is 1.97. The largest absolute Gasteiger partial charge is 0.323 e. The zero-order valence-corrected chi connectivity index (χ0v) is 16.0. The molecule has 0 aliphatic carbocycles. The second-order valence-electron chi connectivity index (χ2n) is 6.52. The highest BCUT2D eigenvalue weighted by molar-refractivity contribution is 7.99. The smallest absolute Gasteiger partial charge is 0.321 e. The van der Waals surface area contributed by atoms with Gasteiger partial charge in [-0.05, 0) is 62.8 Å². The van der Waals surface area contributed by atoms with E-state index in [0.29, 0.717) is 0 Å². The van der Waals surface area contributed by atoms with Gasteiger partial charge in [-0.25, -0.2) is 4.79 Å². The molecule has 0 radical (unpaired) electrons. The fraction of sp³-hybridized carbons (Fsp3) is 0.400. The molecule has 5 nitrogen and oxygen atoms in total. The number of carbonyl (C=O) groups excluding carboxylic acids is 1. The summed E-state index contributed by atoms with van der Waals surface area (Å²) in [6.45, 7) is 3.58. The predicted octanol–water partition coefficient (Wildman–Crippen LogP) is 3.59. The van der Waals surface area contributed by atoms with Crippen LogP contribution in [0.2, 0.25) is 0 Å².